The molecule has 0 amide bonds. The molecule has 0 aromatic carbocycles. The number of rotatable bonds is 8. The third kappa shape index (κ3) is 4.71. The van der Waals surface area contributed by atoms with E-state index in [0.717, 1.165) is 20.5 Å². The van der Waals surface area contributed by atoms with Crippen molar-refractivity contribution in [3.05, 3.63) is 40.4 Å². The maximum atomic E-state index is 12.7. The van der Waals surface area contributed by atoms with Crippen LogP contribution in [0.4, 0.5) is 0 Å². The van der Waals surface area contributed by atoms with Gasteiger partial charge in [-0.25, -0.2) is 8.42 Å². The van der Waals surface area contributed by atoms with Crippen LogP contribution in [0.25, 0.3) is 0 Å². The minimum absolute atomic E-state index is 0.00348. The van der Waals surface area contributed by atoms with Gasteiger partial charge in [0.15, 0.2) is 21.5 Å². The molecule has 0 spiro atoms. The predicted molar refractivity (Wildman–Crippen MR) is 99.5 cm³/mol. The lowest BCUT2D eigenvalue weighted by molar-refractivity contribution is -0.159. The Morgan fingerprint density at radius 2 is 1.79 bits per heavy atom. The first-order valence-corrected chi connectivity index (χ1v) is 10.6. The zero-order valence-electron chi connectivity index (χ0n) is 15.3. The molecule has 28 heavy (non-hydrogen) atoms. The first kappa shape index (κ1) is 21.9. The second kappa shape index (κ2) is 8.74. The van der Waals surface area contributed by atoms with Crippen molar-refractivity contribution in [1.82, 2.24) is 4.57 Å². The summed E-state index contributed by atoms with van der Waals surface area (Å²) in [7, 11) is -1.43. The molecule has 0 radical (unpaired) electrons. The molecule has 2 aromatic heterocycles. The average molecular weight is 476 g/mol. The number of ketones is 1. The summed E-state index contributed by atoms with van der Waals surface area (Å²) < 4.78 is 40.4. The van der Waals surface area contributed by atoms with Crippen molar-refractivity contribution >= 4 is 43.5 Å². The van der Waals surface area contributed by atoms with E-state index in [2.05, 4.69) is 25.4 Å². The molecule has 2 aromatic rings. The summed E-state index contributed by atoms with van der Waals surface area (Å²) in [6.07, 6.45) is 2.19. The molecule has 0 bridgehead atoms. The summed E-state index contributed by atoms with van der Waals surface area (Å²) in [6, 6.07) is 4.08. The molecule has 0 aliphatic heterocycles. The summed E-state index contributed by atoms with van der Waals surface area (Å²) in [6.45, 7) is -0.118. The van der Waals surface area contributed by atoms with Gasteiger partial charge in [-0.2, -0.15) is 0 Å². The lowest BCUT2D eigenvalue weighted by Crippen LogP contribution is -2.28. The molecule has 0 unspecified atom stereocenters. The van der Waals surface area contributed by atoms with Gasteiger partial charge in [0.05, 0.1) is 24.4 Å². The van der Waals surface area contributed by atoms with Crippen molar-refractivity contribution in [2.75, 3.05) is 20.5 Å². The number of sulfone groups is 1. The van der Waals surface area contributed by atoms with E-state index in [1.165, 1.54) is 29.0 Å². The van der Waals surface area contributed by atoms with E-state index < -0.39 is 33.5 Å². The van der Waals surface area contributed by atoms with Crippen LogP contribution < -0.4 is 0 Å². The molecule has 0 aliphatic carbocycles. The molecule has 9 nitrogen and oxygen atoms in total. The second-order valence-corrected chi connectivity index (χ2v) is 8.70. The molecule has 0 atom stereocenters. The fraction of sp³-hybridized carbons (Fsp3) is 0.353. The van der Waals surface area contributed by atoms with E-state index in [4.69, 9.17) is 4.42 Å². The third-order valence-electron chi connectivity index (χ3n) is 3.96. The number of carbonyl (C=O) groups excluding carboxylic acids is 3. The van der Waals surface area contributed by atoms with Crippen molar-refractivity contribution in [2.24, 2.45) is 5.92 Å². The number of halogens is 1. The zero-order valence-corrected chi connectivity index (χ0v) is 17.7. The lowest BCUT2D eigenvalue weighted by Gasteiger charge is -2.15. The first-order chi connectivity index (χ1) is 13.1. The Labute approximate surface area is 169 Å². The molecule has 0 aliphatic rings. The van der Waals surface area contributed by atoms with Gasteiger partial charge >= 0.3 is 11.9 Å². The van der Waals surface area contributed by atoms with Gasteiger partial charge in [0.2, 0.25) is 5.78 Å². The molecule has 11 heteroatoms. The Kier molecular flexibility index (Phi) is 6.83. The van der Waals surface area contributed by atoms with Crippen LogP contribution >= 0.6 is 15.9 Å². The Hall–Kier alpha value is -2.40. The summed E-state index contributed by atoms with van der Waals surface area (Å²) in [5.41, 5.74) is 0.0377. The topological polar surface area (TPSA) is 122 Å². The van der Waals surface area contributed by atoms with Crippen LogP contribution in [0.1, 0.15) is 22.7 Å². The quantitative estimate of drug-likeness (QED) is 0.321. The van der Waals surface area contributed by atoms with Crippen LogP contribution in [0.2, 0.25) is 0 Å². The van der Waals surface area contributed by atoms with Crippen molar-refractivity contribution < 1.29 is 36.7 Å². The van der Waals surface area contributed by atoms with Gasteiger partial charge in [-0.05, 0) is 34.5 Å². The number of methoxy groups -OCH3 is 2. The molecule has 2 rings (SSSR count). The van der Waals surface area contributed by atoms with Gasteiger partial charge in [-0.3, -0.25) is 14.4 Å². The largest absolute Gasteiger partial charge is 0.468 e. The number of carbonyl (C=O) groups is 3. The van der Waals surface area contributed by atoms with Crippen LogP contribution in [0, 0.1) is 5.92 Å². The van der Waals surface area contributed by atoms with E-state index in [9.17, 15) is 22.8 Å². The monoisotopic (exact) mass is 475 g/mol. The van der Waals surface area contributed by atoms with Crippen LogP contribution in [-0.2, 0) is 35.4 Å². The first-order valence-electron chi connectivity index (χ1n) is 7.94. The highest BCUT2D eigenvalue weighted by atomic mass is 79.9. The van der Waals surface area contributed by atoms with E-state index in [0.29, 0.717) is 4.47 Å². The third-order valence-corrected chi connectivity index (χ3v) is 5.49. The van der Waals surface area contributed by atoms with Crippen molar-refractivity contribution in [1.29, 1.82) is 0 Å². The SMILES string of the molecule is COC(=O)C(CCn1c(C(=O)c2cc(Br)co2)ccc1S(C)(=O)=O)C(=O)OC. The Morgan fingerprint density at radius 3 is 2.25 bits per heavy atom. The molecule has 0 saturated heterocycles. The van der Waals surface area contributed by atoms with Crippen molar-refractivity contribution in [3.63, 3.8) is 0 Å². The van der Waals surface area contributed by atoms with Crippen LogP contribution in [0.15, 0.2) is 38.4 Å². The van der Waals surface area contributed by atoms with Crippen LogP contribution in [0.5, 0.6) is 0 Å². The molecular weight excluding hydrogens is 458 g/mol. The van der Waals surface area contributed by atoms with Crippen LogP contribution in [-0.4, -0.2) is 51.2 Å². The maximum absolute atomic E-state index is 12.7. The summed E-state index contributed by atoms with van der Waals surface area (Å²) in [4.78, 5) is 36.5. The van der Waals surface area contributed by atoms with E-state index in [1.54, 1.807) is 0 Å². The number of nitrogens with zero attached hydrogens (tertiary/aromatic N) is 1. The molecule has 152 valence electrons. The highest BCUT2D eigenvalue weighted by Gasteiger charge is 2.30. The standard InChI is InChI=1S/C17H18BrNO8S/c1-25-16(21)11(17(22)26-2)6-7-19-12(4-5-14(19)28(3,23)24)15(20)13-8-10(18)9-27-13/h4-5,8-9,11H,6-7H2,1-3H3. The predicted octanol–water partition coefficient (Wildman–Crippen LogP) is 1.83. The Balaban J connectivity index is 2.43. The summed E-state index contributed by atoms with van der Waals surface area (Å²) >= 11 is 3.17. The van der Waals surface area contributed by atoms with Crippen molar-refractivity contribution in [2.45, 2.75) is 18.0 Å². The van der Waals surface area contributed by atoms with Crippen LogP contribution in [0.3, 0.4) is 0 Å². The smallest absolute Gasteiger partial charge is 0.320 e. The molecule has 0 N–H and O–H groups in total. The van der Waals surface area contributed by atoms with E-state index in [-0.39, 0.29) is 29.4 Å². The highest BCUT2D eigenvalue weighted by Crippen LogP contribution is 2.23. The summed E-state index contributed by atoms with van der Waals surface area (Å²) in [5.74, 6) is -3.44. The molecular formula is C17H18BrNO8S. The number of furan rings is 1. The van der Waals surface area contributed by atoms with Gasteiger partial charge in [0.1, 0.15) is 11.3 Å². The number of esters is 2. The van der Waals surface area contributed by atoms with Gasteiger partial charge in [0.25, 0.3) is 0 Å². The molecule has 0 fully saturated rings. The lowest BCUT2D eigenvalue weighted by atomic mass is 10.1. The van der Waals surface area contributed by atoms with Gasteiger partial charge in [-0.1, -0.05) is 0 Å². The molecule has 0 saturated carbocycles. The van der Waals surface area contributed by atoms with E-state index in [1.807, 2.05) is 0 Å². The fourth-order valence-corrected chi connectivity index (χ4v) is 3.84. The summed E-state index contributed by atoms with van der Waals surface area (Å²) in [5, 5.41) is -0.130. The highest BCUT2D eigenvalue weighted by molar-refractivity contribution is 9.10. The number of ether oxygens (including phenoxy) is 2. The minimum atomic E-state index is -3.68. The average Bonchev–Trinajstić information content (AvgIpc) is 3.26. The number of hydrogen-bond donors (Lipinski definition) is 0. The minimum Gasteiger partial charge on any atom is -0.468 e. The maximum Gasteiger partial charge on any atom is 0.320 e. The van der Waals surface area contributed by atoms with Gasteiger partial charge in [0, 0.05) is 18.9 Å². The number of aromatic nitrogens is 1. The normalized spacial score (nSPS) is 11.5. The van der Waals surface area contributed by atoms with Gasteiger partial charge < -0.3 is 18.5 Å². The number of hydrogen-bond acceptors (Lipinski definition) is 8. The second-order valence-electron chi connectivity index (χ2n) is 5.83. The van der Waals surface area contributed by atoms with Gasteiger partial charge in [-0.15, -0.1) is 0 Å². The Bertz CT molecular complexity index is 988. The Morgan fingerprint density at radius 1 is 1.18 bits per heavy atom. The zero-order chi connectivity index (χ0) is 21.1. The van der Waals surface area contributed by atoms with E-state index >= 15 is 0 Å². The fourth-order valence-electron chi connectivity index (χ4n) is 2.63. The van der Waals surface area contributed by atoms with Crippen molar-refractivity contribution in [3.8, 4) is 0 Å². The molecule has 2 heterocycles.